The van der Waals surface area contributed by atoms with Gasteiger partial charge < -0.3 is 64.2 Å². The largest absolute Gasteiger partial charge is 0.462 e. The Morgan fingerprint density at radius 1 is 0.419 bits per heavy atom. The highest BCUT2D eigenvalue weighted by Crippen LogP contribution is 2.27. The van der Waals surface area contributed by atoms with E-state index in [4.69, 9.17) is 28.4 Å². The molecule has 436 valence electrons. The smallest absolute Gasteiger partial charge is 0.306 e. The molecule has 2 heterocycles. The van der Waals surface area contributed by atoms with E-state index in [1.54, 1.807) is 0 Å². The molecule has 11 atom stereocenters. The molecule has 0 aliphatic carbocycles. The highest BCUT2D eigenvalue weighted by atomic mass is 16.7. The van der Waals surface area contributed by atoms with Crippen LogP contribution in [0.4, 0.5) is 0 Å². The Morgan fingerprint density at radius 2 is 0.770 bits per heavy atom. The molecule has 15 nitrogen and oxygen atoms in total. The summed E-state index contributed by atoms with van der Waals surface area (Å²) in [4.78, 5) is 25.9. The van der Waals surface area contributed by atoms with Crippen LogP contribution in [0.3, 0.4) is 0 Å². The molecular formula is C59H110O15. The van der Waals surface area contributed by atoms with E-state index >= 15 is 0 Å². The van der Waals surface area contributed by atoms with Gasteiger partial charge >= 0.3 is 11.9 Å². The van der Waals surface area contributed by atoms with E-state index in [0.29, 0.717) is 12.8 Å². The number of ether oxygens (including phenoxy) is 6. The second-order valence-electron chi connectivity index (χ2n) is 21.5. The lowest BCUT2D eigenvalue weighted by atomic mass is 9.98. The van der Waals surface area contributed by atoms with Crippen LogP contribution in [0.5, 0.6) is 0 Å². The average molecular weight is 1060 g/mol. The minimum Gasteiger partial charge on any atom is -0.462 e. The summed E-state index contributed by atoms with van der Waals surface area (Å²) in [5.74, 6) is -0.910. The Kier molecular flexibility index (Phi) is 42.7. The quantitative estimate of drug-likeness (QED) is 0.0171. The van der Waals surface area contributed by atoms with Crippen LogP contribution >= 0.6 is 0 Å². The molecule has 0 radical (unpaired) electrons. The van der Waals surface area contributed by atoms with Crippen molar-refractivity contribution in [2.24, 2.45) is 0 Å². The van der Waals surface area contributed by atoms with Crippen LogP contribution in [0, 0.1) is 0 Å². The first kappa shape index (κ1) is 68.3. The molecule has 4 unspecified atom stereocenters. The Labute approximate surface area is 448 Å². The van der Waals surface area contributed by atoms with Crippen LogP contribution in [0.2, 0.25) is 0 Å². The fourth-order valence-corrected chi connectivity index (χ4v) is 9.80. The lowest BCUT2D eigenvalue weighted by molar-refractivity contribution is -0.332. The molecule has 2 aliphatic heterocycles. The number of aliphatic hydroxyl groups is 7. The van der Waals surface area contributed by atoms with Gasteiger partial charge in [-0.25, -0.2) is 0 Å². The van der Waals surface area contributed by atoms with Gasteiger partial charge in [0.1, 0.15) is 55.4 Å². The monoisotopic (exact) mass is 1060 g/mol. The molecule has 74 heavy (non-hydrogen) atoms. The minimum atomic E-state index is -1.76. The fraction of sp³-hybridized carbons (Fsp3) is 0.932. The average Bonchev–Trinajstić information content (AvgIpc) is 3.39. The van der Waals surface area contributed by atoms with E-state index in [1.165, 1.54) is 173 Å². The first-order chi connectivity index (χ1) is 36.0. The number of hydrogen-bond donors (Lipinski definition) is 7. The number of hydrogen-bond acceptors (Lipinski definition) is 15. The molecule has 0 aromatic heterocycles. The van der Waals surface area contributed by atoms with Crippen LogP contribution < -0.4 is 0 Å². The molecule has 7 N–H and O–H groups in total. The maximum atomic E-state index is 13.1. The third-order valence-electron chi connectivity index (χ3n) is 14.7. The summed E-state index contributed by atoms with van der Waals surface area (Å²) in [6.45, 7) is 2.64. The second-order valence-corrected chi connectivity index (χ2v) is 21.5. The van der Waals surface area contributed by atoms with E-state index in [1.807, 2.05) is 0 Å². The standard InChI is InChI=1S/C59H110O15/c1-3-5-7-9-11-13-15-17-19-21-22-23-24-26-27-29-31-33-35-37-39-41-50(61)69-44-47(72-51(62)42-40-38-36-34-32-30-28-25-20-18-16-14-12-10-8-6-4-2)45-70-58-57(68)55(66)53(64)49(74-58)46-71-59-56(67)54(65)52(63)48(43-60)73-59/h14,16,47-49,52-60,63-68H,3-13,15,17-46H2,1-2H3/b16-14+/t47-,48+,49+,52-,53-,54?,55?,56?,57?,58+,59+/m0/s1. The van der Waals surface area contributed by atoms with Crippen molar-refractivity contribution in [3.63, 3.8) is 0 Å². The van der Waals surface area contributed by atoms with Crippen molar-refractivity contribution in [1.29, 1.82) is 0 Å². The van der Waals surface area contributed by atoms with Gasteiger partial charge in [-0.05, 0) is 38.5 Å². The van der Waals surface area contributed by atoms with Gasteiger partial charge in [0.05, 0.1) is 19.8 Å². The number of carbonyl (C=O) groups excluding carboxylic acids is 2. The number of carbonyl (C=O) groups is 2. The molecule has 2 fully saturated rings. The van der Waals surface area contributed by atoms with Crippen LogP contribution in [0.1, 0.15) is 258 Å². The predicted octanol–water partition coefficient (Wildman–Crippen LogP) is 10.5. The summed E-state index contributed by atoms with van der Waals surface area (Å²) in [5, 5.41) is 72.3. The topological polar surface area (TPSA) is 231 Å². The highest BCUT2D eigenvalue weighted by molar-refractivity contribution is 5.70. The Hall–Kier alpha value is -1.76. The molecule has 2 aliphatic rings. The van der Waals surface area contributed by atoms with Crippen molar-refractivity contribution < 1.29 is 73.8 Å². The van der Waals surface area contributed by atoms with Gasteiger partial charge in [-0.15, -0.1) is 0 Å². The van der Waals surface area contributed by atoms with Crippen molar-refractivity contribution in [3.05, 3.63) is 12.2 Å². The van der Waals surface area contributed by atoms with Crippen LogP contribution in [-0.2, 0) is 38.0 Å². The summed E-state index contributed by atoms with van der Waals surface area (Å²) in [6, 6.07) is 0. The molecule has 0 aromatic rings. The van der Waals surface area contributed by atoms with E-state index in [0.717, 1.165) is 44.9 Å². The Balaban J connectivity index is 1.72. The van der Waals surface area contributed by atoms with E-state index in [9.17, 15) is 45.3 Å². The van der Waals surface area contributed by atoms with E-state index in [-0.39, 0.29) is 26.1 Å². The first-order valence-electron chi connectivity index (χ1n) is 30.3. The third kappa shape index (κ3) is 32.9. The number of unbranched alkanes of at least 4 members (excludes halogenated alkanes) is 33. The number of esters is 2. The van der Waals surface area contributed by atoms with Gasteiger partial charge in [0.25, 0.3) is 0 Å². The summed E-state index contributed by atoms with van der Waals surface area (Å²) >= 11 is 0. The molecule has 15 heteroatoms. The molecule has 0 amide bonds. The summed E-state index contributed by atoms with van der Waals surface area (Å²) < 4.78 is 33.7. The molecule has 2 rings (SSSR count). The maximum Gasteiger partial charge on any atom is 0.306 e. The summed E-state index contributed by atoms with van der Waals surface area (Å²) in [6.07, 6.45) is 32.3. The van der Waals surface area contributed by atoms with E-state index < -0.39 is 92.7 Å². The molecule has 0 saturated carbocycles. The number of aliphatic hydroxyl groups excluding tert-OH is 7. The summed E-state index contributed by atoms with van der Waals surface area (Å²) in [7, 11) is 0. The van der Waals surface area contributed by atoms with Crippen molar-refractivity contribution in [3.8, 4) is 0 Å². The van der Waals surface area contributed by atoms with Crippen LogP contribution in [0.15, 0.2) is 12.2 Å². The van der Waals surface area contributed by atoms with Gasteiger partial charge in [0.15, 0.2) is 18.7 Å². The third-order valence-corrected chi connectivity index (χ3v) is 14.7. The van der Waals surface area contributed by atoms with Crippen molar-refractivity contribution in [2.45, 2.75) is 325 Å². The highest BCUT2D eigenvalue weighted by Gasteiger charge is 2.47. The minimum absolute atomic E-state index is 0.167. The zero-order chi connectivity index (χ0) is 53.9. The SMILES string of the molecule is CCCCCC/C=C/CCCCCCCCCCCC(=O)O[C@@H](COC(=O)CCCCCCCCCCCCCCCCCCCCCCC)CO[C@@H]1O[C@H](CO[C@@H]2O[C@H](CO)[C@H](O)C(O)C2O)[C@H](O)C(O)C1O. The Bertz CT molecular complexity index is 1340. The van der Waals surface area contributed by atoms with E-state index in [2.05, 4.69) is 26.0 Å². The number of allylic oxidation sites excluding steroid dienone is 2. The Morgan fingerprint density at radius 3 is 1.20 bits per heavy atom. The molecular weight excluding hydrogens is 949 g/mol. The second kappa shape index (κ2) is 46.2. The molecule has 2 saturated heterocycles. The molecule has 0 bridgehead atoms. The van der Waals surface area contributed by atoms with Crippen LogP contribution in [-0.4, -0.2) is 142 Å². The maximum absolute atomic E-state index is 13.1. The van der Waals surface area contributed by atoms with Gasteiger partial charge in [-0.1, -0.05) is 219 Å². The molecule has 0 aromatic carbocycles. The van der Waals surface area contributed by atoms with Crippen molar-refractivity contribution in [1.82, 2.24) is 0 Å². The lowest BCUT2D eigenvalue weighted by Gasteiger charge is -2.42. The van der Waals surface area contributed by atoms with Gasteiger partial charge in [-0.2, -0.15) is 0 Å². The normalized spacial score (nSPS) is 24.7. The van der Waals surface area contributed by atoms with Gasteiger partial charge in [0, 0.05) is 12.8 Å². The zero-order valence-electron chi connectivity index (χ0n) is 46.6. The lowest BCUT2D eigenvalue weighted by Crippen LogP contribution is -2.61. The van der Waals surface area contributed by atoms with Gasteiger partial charge in [-0.3, -0.25) is 9.59 Å². The number of rotatable bonds is 49. The predicted molar refractivity (Wildman–Crippen MR) is 289 cm³/mol. The zero-order valence-corrected chi connectivity index (χ0v) is 46.6. The fourth-order valence-electron chi connectivity index (χ4n) is 9.80. The van der Waals surface area contributed by atoms with Crippen LogP contribution in [0.25, 0.3) is 0 Å². The first-order valence-corrected chi connectivity index (χ1v) is 30.3. The van der Waals surface area contributed by atoms with Crippen molar-refractivity contribution in [2.75, 3.05) is 26.4 Å². The van der Waals surface area contributed by atoms with Crippen molar-refractivity contribution >= 4 is 11.9 Å². The summed E-state index contributed by atoms with van der Waals surface area (Å²) in [5.41, 5.74) is 0. The molecule has 0 spiro atoms. The van der Waals surface area contributed by atoms with Gasteiger partial charge in [0.2, 0.25) is 0 Å².